The van der Waals surface area contributed by atoms with Crippen molar-refractivity contribution in [2.45, 2.75) is 38.8 Å². The summed E-state index contributed by atoms with van der Waals surface area (Å²) in [6, 6.07) is 3.54. The fourth-order valence-electron chi connectivity index (χ4n) is 2.53. The largest absolute Gasteiger partial charge is 0.404 e. The molecule has 1 aliphatic carbocycles. The topological polar surface area (TPSA) is 107 Å². The fourth-order valence-corrected chi connectivity index (χ4v) is 2.53. The molecule has 1 atom stereocenters. The van der Waals surface area contributed by atoms with Crippen LogP contribution < -0.4 is 11.2 Å². The monoisotopic (exact) mass is 395 g/mol. The maximum absolute atomic E-state index is 13.5. The van der Waals surface area contributed by atoms with Gasteiger partial charge in [0.2, 0.25) is 0 Å². The normalized spacial score (nSPS) is 16.6. The highest BCUT2D eigenvalue weighted by Crippen LogP contribution is 2.28. The molecule has 0 heterocycles. The third kappa shape index (κ3) is 6.49. The Kier molecular flexibility index (Phi) is 7.74. The van der Waals surface area contributed by atoms with E-state index >= 15 is 0 Å². The first-order valence-corrected chi connectivity index (χ1v) is 8.89. The van der Waals surface area contributed by atoms with Crippen molar-refractivity contribution in [2.75, 3.05) is 6.54 Å². The zero-order chi connectivity index (χ0) is 20.7. The van der Waals surface area contributed by atoms with Gasteiger partial charge in [-0.15, -0.1) is 0 Å². The predicted molar refractivity (Wildman–Crippen MR) is 103 cm³/mol. The third-order valence-electron chi connectivity index (χ3n) is 4.22. The van der Waals surface area contributed by atoms with E-state index < -0.39 is 18.5 Å². The number of aliphatic hydroxyl groups is 1. The number of nitrogens with zero attached hydrogens (tertiary/aromatic N) is 2. The van der Waals surface area contributed by atoms with Crippen molar-refractivity contribution in [3.05, 3.63) is 46.9 Å². The maximum atomic E-state index is 13.5. The fraction of sp³-hybridized carbons (Fsp3) is 0.421. The van der Waals surface area contributed by atoms with Crippen molar-refractivity contribution < 1.29 is 18.3 Å². The average Bonchev–Trinajstić information content (AvgIpc) is 3.47. The van der Waals surface area contributed by atoms with Crippen molar-refractivity contribution in [1.82, 2.24) is 5.43 Å². The van der Waals surface area contributed by atoms with E-state index in [9.17, 15) is 18.3 Å². The highest BCUT2D eigenvalue weighted by Gasteiger charge is 2.21. The number of nitrogens with one attached hydrogen (secondary N) is 2. The summed E-state index contributed by atoms with van der Waals surface area (Å²) < 4.78 is 38.7. The van der Waals surface area contributed by atoms with E-state index in [0.717, 1.165) is 25.0 Å². The van der Waals surface area contributed by atoms with Gasteiger partial charge in [0, 0.05) is 24.7 Å². The second-order valence-corrected chi connectivity index (χ2v) is 6.63. The van der Waals surface area contributed by atoms with Crippen LogP contribution in [0.1, 0.15) is 43.4 Å². The van der Waals surface area contributed by atoms with Gasteiger partial charge in [-0.05, 0) is 61.2 Å². The predicted octanol–water partition coefficient (Wildman–Crippen LogP) is 3.13. The van der Waals surface area contributed by atoms with E-state index in [4.69, 9.17) is 11.1 Å². The van der Waals surface area contributed by atoms with Gasteiger partial charge in [0.1, 0.15) is 5.82 Å². The van der Waals surface area contributed by atoms with Crippen molar-refractivity contribution in [2.24, 2.45) is 21.7 Å². The summed E-state index contributed by atoms with van der Waals surface area (Å²) in [5.41, 5.74) is 7.84. The summed E-state index contributed by atoms with van der Waals surface area (Å²) >= 11 is 0. The van der Waals surface area contributed by atoms with Gasteiger partial charge in [0.15, 0.2) is 0 Å². The Hall–Kier alpha value is -2.68. The van der Waals surface area contributed by atoms with E-state index in [-0.39, 0.29) is 29.0 Å². The van der Waals surface area contributed by atoms with Crippen LogP contribution in [0.15, 0.2) is 40.1 Å². The number of aliphatic imine (C=N–C) groups is 1. The lowest BCUT2D eigenvalue weighted by molar-refractivity contribution is 0.110. The van der Waals surface area contributed by atoms with Gasteiger partial charge < -0.3 is 10.8 Å². The van der Waals surface area contributed by atoms with Gasteiger partial charge in [0.05, 0.1) is 17.5 Å². The molecule has 5 N–H and O–H groups in total. The number of hydrogen-bond acceptors (Lipinski definition) is 6. The highest BCUT2D eigenvalue weighted by atomic mass is 19.3. The molecule has 0 unspecified atom stereocenters. The van der Waals surface area contributed by atoms with Crippen LogP contribution in [0.4, 0.5) is 13.2 Å². The van der Waals surface area contributed by atoms with E-state index in [1.54, 1.807) is 11.6 Å². The number of allylic oxidation sites excluding steroid dienone is 1. The van der Waals surface area contributed by atoms with Crippen molar-refractivity contribution >= 4 is 17.6 Å². The molecule has 2 rings (SSSR count). The van der Waals surface area contributed by atoms with Gasteiger partial charge in [-0.3, -0.25) is 15.8 Å². The zero-order valence-corrected chi connectivity index (χ0v) is 15.5. The number of rotatable bonds is 10. The molecule has 1 fully saturated rings. The summed E-state index contributed by atoms with van der Waals surface area (Å²) in [7, 11) is 0. The van der Waals surface area contributed by atoms with E-state index in [2.05, 4.69) is 10.1 Å². The van der Waals surface area contributed by atoms with E-state index in [1.165, 1.54) is 19.2 Å². The second-order valence-electron chi connectivity index (χ2n) is 6.63. The first kappa shape index (κ1) is 21.6. The van der Waals surface area contributed by atoms with Gasteiger partial charge in [-0.2, -0.15) is 13.9 Å². The maximum Gasteiger partial charge on any atom is 0.327 e. The quantitative estimate of drug-likeness (QED) is 0.278. The van der Waals surface area contributed by atoms with Crippen LogP contribution in [0.3, 0.4) is 0 Å². The highest BCUT2D eigenvalue weighted by molar-refractivity contribution is 6.48. The minimum Gasteiger partial charge on any atom is -0.404 e. The van der Waals surface area contributed by atoms with E-state index in [0.29, 0.717) is 18.0 Å². The molecule has 0 saturated heterocycles. The summed E-state index contributed by atoms with van der Waals surface area (Å²) in [4.78, 5) is 4.29. The molecule has 0 aliphatic heterocycles. The SMILES string of the molecule is C[C@@H](O)c1cc(F)ccc1C(=N)/C(CC(C=NCC1CC1)=CN)=N\NC(F)F. The number of nitrogens with two attached hydrogens (primary N) is 1. The Bertz CT molecular complexity index is 786. The molecule has 1 aliphatic rings. The van der Waals surface area contributed by atoms with Crippen LogP contribution in [-0.2, 0) is 0 Å². The lowest BCUT2D eigenvalue weighted by atomic mass is 9.94. The average molecular weight is 395 g/mol. The third-order valence-corrected chi connectivity index (χ3v) is 4.22. The summed E-state index contributed by atoms with van der Waals surface area (Å²) in [5.74, 6) is 0.00132. The van der Waals surface area contributed by atoms with Crippen LogP contribution in [0.25, 0.3) is 0 Å². The number of benzene rings is 1. The standard InChI is InChI=1S/C19H24F3N5O/c1-11(28)16-7-14(20)4-5-15(16)18(24)17(26-27-19(21)22)6-13(8-23)10-25-9-12-2-3-12/h4-5,7-8,10-12,19,24,27-28H,2-3,6,9,23H2,1H3/b13-8?,24-18?,25-10?,26-17-/t11-/m1/s1. The van der Waals surface area contributed by atoms with Crippen molar-refractivity contribution in [3.63, 3.8) is 0 Å². The number of alkyl halides is 2. The van der Waals surface area contributed by atoms with Crippen molar-refractivity contribution in [3.8, 4) is 0 Å². The molecule has 1 aromatic carbocycles. The molecule has 0 bridgehead atoms. The second kappa shape index (κ2) is 10.0. The lowest BCUT2D eigenvalue weighted by Gasteiger charge is -2.15. The number of hydrazone groups is 1. The molecule has 0 aromatic heterocycles. The molecule has 152 valence electrons. The number of hydrogen-bond donors (Lipinski definition) is 4. The van der Waals surface area contributed by atoms with Crippen LogP contribution >= 0.6 is 0 Å². The van der Waals surface area contributed by atoms with Crippen LogP contribution in [0, 0.1) is 17.1 Å². The van der Waals surface area contributed by atoms with Crippen LogP contribution in [0.5, 0.6) is 0 Å². The van der Waals surface area contributed by atoms with E-state index in [1.807, 2.05) is 0 Å². The van der Waals surface area contributed by atoms with Crippen molar-refractivity contribution in [1.29, 1.82) is 5.41 Å². The molecule has 6 nitrogen and oxygen atoms in total. The Balaban J connectivity index is 2.28. The summed E-state index contributed by atoms with van der Waals surface area (Å²) in [6.07, 6.45) is 4.02. The molecule has 1 saturated carbocycles. The molecule has 0 radical (unpaired) electrons. The minimum absolute atomic E-state index is 0.0279. The van der Waals surface area contributed by atoms with Gasteiger partial charge in [-0.25, -0.2) is 4.39 Å². The lowest BCUT2D eigenvalue weighted by Crippen LogP contribution is -2.24. The molecule has 1 aromatic rings. The summed E-state index contributed by atoms with van der Waals surface area (Å²) in [6.45, 7) is -0.822. The van der Waals surface area contributed by atoms with Gasteiger partial charge >= 0.3 is 6.55 Å². The Morgan fingerprint density at radius 3 is 2.71 bits per heavy atom. The zero-order valence-electron chi connectivity index (χ0n) is 15.5. The Morgan fingerprint density at radius 1 is 1.43 bits per heavy atom. The number of aliphatic hydroxyl groups excluding tert-OH is 1. The Morgan fingerprint density at radius 2 is 2.14 bits per heavy atom. The minimum atomic E-state index is -2.92. The first-order chi connectivity index (χ1) is 13.3. The van der Waals surface area contributed by atoms with Crippen LogP contribution in [-0.4, -0.2) is 35.8 Å². The molecule has 0 spiro atoms. The molecular weight excluding hydrogens is 371 g/mol. The summed E-state index contributed by atoms with van der Waals surface area (Å²) in [5, 5.41) is 21.9. The van der Waals surface area contributed by atoms with Gasteiger partial charge in [-0.1, -0.05) is 0 Å². The van der Waals surface area contributed by atoms with Crippen LogP contribution in [0.2, 0.25) is 0 Å². The smallest absolute Gasteiger partial charge is 0.327 e. The molecule has 9 heteroatoms. The first-order valence-electron chi connectivity index (χ1n) is 8.89. The molecule has 0 amide bonds. The Labute approximate surface area is 161 Å². The molecular formula is C19H24F3N5O. The number of halogens is 3. The molecule has 28 heavy (non-hydrogen) atoms. The van der Waals surface area contributed by atoms with Gasteiger partial charge in [0.25, 0.3) is 0 Å².